The Morgan fingerprint density at radius 1 is 1.26 bits per heavy atom. The van der Waals surface area contributed by atoms with Gasteiger partial charge in [-0.1, -0.05) is 12.2 Å². The van der Waals surface area contributed by atoms with Crippen LogP contribution in [-0.4, -0.2) is 39.4 Å². The standard InChI is InChI=1S/C20H19FN2O4/c21-14-8-12-17(23(10-4-5-10)9-13(19(12)25)20(26)27)11-2-1-3-15-16(24)6-7-22(15)18(11)14/h1-2,8-10,15-16,24H,3-7H2,(H,26,27)/t15-,16+/m1/s1. The van der Waals surface area contributed by atoms with Gasteiger partial charge in [-0.15, -0.1) is 0 Å². The lowest BCUT2D eigenvalue weighted by Gasteiger charge is -2.28. The second kappa shape index (κ2) is 5.66. The molecule has 2 fully saturated rings. The predicted octanol–water partition coefficient (Wildman–Crippen LogP) is 2.53. The molecule has 27 heavy (non-hydrogen) atoms. The van der Waals surface area contributed by atoms with Gasteiger partial charge in [0.1, 0.15) is 11.4 Å². The minimum atomic E-state index is -1.30. The van der Waals surface area contributed by atoms with Crippen LogP contribution >= 0.6 is 0 Å². The average Bonchev–Trinajstić information content (AvgIpc) is 3.42. The fourth-order valence-electron chi connectivity index (χ4n) is 4.48. The van der Waals surface area contributed by atoms with Crippen molar-refractivity contribution in [3.05, 3.63) is 45.5 Å². The van der Waals surface area contributed by atoms with E-state index in [1.807, 2.05) is 21.6 Å². The number of hydrogen-bond acceptors (Lipinski definition) is 4. The van der Waals surface area contributed by atoms with Crippen LogP contribution in [-0.2, 0) is 0 Å². The lowest BCUT2D eigenvalue weighted by Crippen LogP contribution is -2.35. The van der Waals surface area contributed by atoms with Gasteiger partial charge in [0, 0.05) is 24.3 Å². The third-order valence-corrected chi connectivity index (χ3v) is 5.91. The normalized spacial score (nSPS) is 24.0. The second-order valence-electron chi connectivity index (χ2n) is 7.59. The number of rotatable bonds is 2. The first-order valence-electron chi connectivity index (χ1n) is 9.23. The maximum absolute atomic E-state index is 15.2. The minimum absolute atomic E-state index is 0.0981. The van der Waals surface area contributed by atoms with Crippen LogP contribution in [0.4, 0.5) is 10.1 Å². The van der Waals surface area contributed by atoms with Crippen molar-refractivity contribution in [1.29, 1.82) is 0 Å². The van der Waals surface area contributed by atoms with E-state index in [1.165, 1.54) is 12.3 Å². The number of aromatic nitrogens is 1. The Morgan fingerprint density at radius 3 is 2.74 bits per heavy atom. The smallest absolute Gasteiger partial charge is 0.341 e. The van der Waals surface area contributed by atoms with E-state index in [4.69, 9.17) is 0 Å². The van der Waals surface area contributed by atoms with Crippen LogP contribution in [0.15, 0.2) is 23.1 Å². The molecule has 2 N–H and O–H groups in total. The number of aliphatic hydroxyl groups excluding tert-OH is 1. The number of carboxylic acid groups (broad SMARTS) is 1. The molecule has 0 spiro atoms. The van der Waals surface area contributed by atoms with Crippen LogP contribution in [0.3, 0.4) is 0 Å². The van der Waals surface area contributed by atoms with Crippen LogP contribution in [0.5, 0.6) is 0 Å². The summed E-state index contributed by atoms with van der Waals surface area (Å²) in [6.07, 6.45) is 7.57. The van der Waals surface area contributed by atoms with E-state index < -0.39 is 23.3 Å². The number of benzene rings is 1. The molecule has 5 rings (SSSR count). The van der Waals surface area contributed by atoms with Crippen molar-refractivity contribution >= 4 is 28.6 Å². The molecule has 0 radical (unpaired) electrons. The van der Waals surface area contributed by atoms with E-state index >= 15 is 4.39 Å². The van der Waals surface area contributed by atoms with Crippen molar-refractivity contribution in [1.82, 2.24) is 4.57 Å². The first-order chi connectivity index (χ1) is 13.0. The summed E-state index contributed by atoms with van der Waals surface area (Å²) in [7, 11) is 0. The highest BCUT2D eigenvalue weighted by molar-refractivity contribution is 5.98. The predicted molar refractivity (Wildman–Crippen MR) is 98.8 cm³/mol. The van der Waals surface area contributed by atoms with Crippen molar-refractivity contribution in [2.24, 2.45) is 0 Å². The zero-order chi connectivity index (χ0) is 18.9. The molecule has 3 heterocycles. The third kappa shape index (κ3) is 2.34. The monoisotopic (exact) mass is 370 g/mol. The fourth-order valence-corrected chi connectivity index (χ4v) is 4.48. The van der Waals surface area contributed by atoms with Gasteiger partial charge in [-0.05, 0) is 31.7 Å². The van der Waals surface area contributed by atoms with E-state index in [-0.39, 0.29) is 23.0 Å². The molecule has 3 aliphatic rings. The summed E-state index contributed by atoms with van der Waals surface area (Å²) in [5, 5.41) is 19.8. The molecule has 2 aromatic rings. The van der Waals surface area contributed by atoms with Gasteiger partial charge in [-0.3, -0.25) is 4.79 Å². The molecular formula is C20H19FN2O4. The number of aromatic carboxylic acids is 1. The summed E-state index contributed by atoms with van der Waals surface area (Å²) in [6.45, 7) is 0.545. The van der Waals surface area contributed by atoms with Crippen molar-refractivity contribution in [3.8, 4) is 0 Å². The van der Waals surface area contributed by atoms with Crippen LogP contribution in [0.2, 0.25) is 0 Å². The average molecular weight is 370 g/mol. The number of pyridine rings is 1. The van der Waals surface area contributed by atoms with Crippen LogP contribution in [0.25, 0.3) is 17.0 Å². The number of hydrogen-bond donors (Lipinski definition) is 2. The molecule has 2 aliphatic heterocycles. The van der Waals surface area contributed by atoms with Gasteiger partial charge in [0.15, 0.2) is 0 Å². The second-order valence-corrected chi connectivity index (χ2v) is 7.59. The molecule has 1 aliphatic carbocycles. The number of aliphatic hydroxyl groups is 1. The Bertz CT molecular complexity index is 1070. The van der Waals surface area contributed by atoms with Crippen molar-refractivity contribution in [2.75, 3.05) is 11.4 Å². The lowest BCUT2D eigenvalue weighted by molar-refractivity contribution is 0.0695. The molecule has 0 bridgehead atoms. The summed E-state index contributed by atoms with van der Waals surface area (Å²) in [5.74, 6) is -1.85. The van der Waals surface area contributed by atoms with Crippen LogP contribution in [0.1, 0.15) is 47.6 Å². The van der Waals surface area contributed by atoms with Gasteiger partial charge in [0.05, 0.1) is 28.7 Å². The number of anilines is 1. The molecular weight excluding hydrogens is 351 g/mol. The summed E-state index contributed by atoms with van der Waals surface area (Å²) >= 11 is 0. The van der Waals surface area contributed by atoms with Crippen LogP contribution in [0, 0.1) is 5.82 Å². The van der Waals surface area contributed by atoms with Gasteiger partial charge in [0.25, 0.3) is 0 Å². The summed E-state index contributed by atoms with van der Waals surface area (Å²) in [5.41, 5.74) is 0.590. The zero-order valence-corrected chi connectivity index (χ0v) is 14.6. The van der Waals surface area contributed by atoms with Crippen molar-refractivity contribution in [2.45, 2.75) is 43.9 Å². The fraction of sp³-hybridized carbons (Fsp3) is 0.400. The molecule has 1 saturated carbocycles. The molecule has 1 aromatic carbocycles. The summed E-state index contributed by atoms with van der Waals surface area (Å²) in [4.78, 5) is 26.1. The van der Waals surface area contributed by atoms with E-state index in [2.05, 4.69) is 0 Å². The number of carbonyl (C=O) groups is 1. The van der Waals surface area contributed by atoms with E-state index in [0.717, 1.165) is 12.8 Å². The van der Waals surface area contributed by atoms with Crippen LogP contribution < -0.4 is 10.3 Å². The van der Waals surface area contributed by atoms with E-state index in [1.54, 1.807) is 0 Å². The quantitative estimate of drug-likeness (QED) is 0.849. The molecule has 140 valence electrons. The molecule has 0 unspecified atom stereocenters. The first kappa shape index (κ1) is 16.5. The minimum Gasteiger partial charge on any atom is -0.477 e. The summed E-state index contributed by atoms with van der Waals surface area (Å²) in [6, 6.07) is 1.11. The number of nitrogens with zero attached hydrogens (tertiary/aromatic N) is 2. The Morgan fingerprint density at radius 2 is 2.04 bits per heavy atom. The maximum atomic E-state index is 15.2. The molecule has 1 saturated heterocycles. The Labute approximate surface area is 154 Å². The maximum Gasteiger partial charge on any atom is 0.341 e. The highest BCUT2D eigenvalue weighted by atomic mass is 19.1. The Balaban J connectivity index is 1.88. The van der Waals surface area contributed by atoms with Crippen molar-refractivity contribution in [3.63, 3.8) is 0 Å². The molecule has 0 amide bonds. The topological polar surface area (TPSA) is 82.8 Å². The van der Waals surface area contributed by atoms with Crippen molar-refractivity contribution < 1.29 is 19.4 Å². The number of halogens is 1. The van der Waals surface area contributed by atoms with Gasteiger partial charge in [0.2, 0.25) is 5.43 Å². The van der Waals surface area contributed by atoms with Gasteiger partial charge < -0.3 is 19.7 Å². The third-order valence-electron chi connectivity index (χ3n) is 5.91. The van der Waals surface area contributed by atoms with E-state index in [0.29, 0.717) is 36.2 Å². The molecule has 2 atom stereocenters. The van der Waals surface area contributed by atoms with E-state index in [9.17, 15) is 19.8 Å². The van der Waals surface area contributed by atoms with Gasteiger partial charge in [-0.2, -0.15) is 0 Å². The Kier molecular flexibility index (Phi) is 3.46. The number of fused-ring (bicyclic) bond motifs is 5. The lowest BCUT2D eigenvalue weighted by atomic mass is 10.0. The Hall–Kier alpha value is -2.67. The first-order valence-corrected chi connectivity index (χ1v) is 9.23. The molecule has 7 heteroatoms. The largest absolute Gasteiger partial charge is 0.477 e. The highest BCUT2D eigenvalue weighted by Gasteiger charge is 2.37. The SMILES string of the molecule is O=C(O)c1cn(C2CC2)c2c3c(c(F)cc2c1=O)N1CC[C@H](O)[C@H]1CC=C3. The number of carboxylic acids is 1. The highest BCUT2D eigenvalue weighted by Crippen LogP contribution is 2.43. The molecule has 6 nitrogen and oxygen atoms in total. The van der Waals surface area contributed by atoms with Gasteiger partial charge >= 0.3 is 5.97 Å². The summed E-state index contributed by atoms with van der Waals surface area (Å²) < 4.78 is 17.0. The molecule has 1 aromatic heterocycles. The van der Waals surface area contributed by atoms with Gasteiger partial charge in [-0.25, -0.2) is 9.18 Å². The zero-order valence-electron chi connectivity index (χ0n) is 14.6.